The molecule has 0 amide bonds. The molecule has 2 rings (SSSR count). The summed E-state index contributed by atoms with van der Waals surface area (Å²) in [4.78, 5) is 0.793. The van der Waals surface area contributed by atoms with E-state index in [4.69, 9.17) is 0 Å². The lowest BCUT2D eigenvalue weighted by Gasteiger charge is -2.11. The maximum atomic E-state index is 13.6. The van der Waals surface area contributed by atoms with E-state index in [0.29, 0.717) is 10.0 Å². The highest BCUT2D eigenvalue weighted by Gasteiger charge is 2.17. The molecule has 2 aromatic rings. The molecule has 1 N–H and O–H groups in total. The Morgan fingerprint density at radius 1 is 1.38 bits per heavy atom. The molecule has 84 valence electrons. The molecular weight excluding hydrogens is 291 g/mol. The van der Waals surface area contributed by atoms with Crippen LogP contribution < -0.4 is 0 Å². The van der Waals surface area contributed by atoms with Crippen LogP contribution in [-0.4, -0.2) is 5.11 Å². The minimum Gasteiger partial charge on any atom is -0.383 e. The number of halogens is 2. The third-order valence-corrected chi connectivity index (χ3v) is 3.97. The standard InChI is InChI=1S/C12H10BrFOS/c1-7-4-5-16-12(7)11(15)9-3-2-8(13)6-10(9)14/h2-6,11,15H,1H3. The van der Waals surface area contributed by atoms with E-state index in [0.717, 1.165) is 10.4 Å². The Kier molecular flexibility index (Phi) is 3.42. The van der Waals surface area contributed by atoms with Crippen LogP contribution in [0.4, 0.5) is 4.39 Å². The normalized spacial score (nSPS) is 12.8. The van der Waals surface area contributed by atoms with Crippen molar-refractivity contribution < 1.29 is 9.50 Å². The van der Waals surface area contributed by atoms with Gasteiger partial charge in [-0.15, -0.1) is 11.3 Å². The Bertz CT molecular complexity index is 509. The zero-order chi connectivity index (χ0) is 11.7. The number of aliphatic hydroxyl groups excluding tert-OH is 1. The highest BCUT2D eigenvalue weighted by atomic mass is 79.9. The SMILES string of the molecule is Cc1ccsc1C(O)c1ccc(Br)cc1F. The maximum absolute atomic E-state index is 13.6. The molecule has 0 fully saturated rings. The van der Waals surface area contributed by atoms with Crippen LogP contribution in [0.5, 0.6) is 0 Å². The molecule has 0 aliphatic carbocycles. The molecule has 16 heavy (non-hydrogen) atoms. The maximum Gasteiger partial charge on any atom is 0.130 e. The van der Waals surface area contributed by atoms with Gasteiger partial charge in [0, 0.05) is 14.9 Å². The van der Waals surface area contributed by atoms with Gasteiger partial charge in [-0.1, -0.05) is 22.0 Å². The Morgan fingerprint density at radius 2 is 2.12 bits per heavy atom. The van der Waals surface area contributed by atoms with Crippen molar-refractivity contribution in [3.8, 4) is 0 Å². The molecule has 1 aromatic carbocycles. The summed E-state index contributed by atoms with van der Waals surface area (Å²) in [6.45, 7) is 1.91. The van der Waals surface area contributed by atoms with E-state index < -0.39 is 11.9 Å². The molecule has 1 heterocycles. The van der Waals surface area contributed by atoms with Crippen molar-refractivity contribution in [1.82, 2.24) is 0 Å². The van der Waals surface area contributed by atoms with Crippen LogP contribution >= 0.6 is 27.3 Å². The van der Waals surface area contributed by atoms with Crippen LogP contribution in [0, 0.1) is 12.7 Å². The lowest BCUT2D eigenvalue weighted by Crippen LogP contribution is -2.01. The van der Waals surface area contributed by atoms with Gasteiger partial charge in [-0.05, 0) is 36.1 Å². The van der Waals surface area contributed by atoms with Crippen LogP contribution in [0.1, 0.15) is 22.1 Å². The predicted molar refractivity (Wildman–Crippen MR) is 67.2 cm³/mol. The van der Waals surface area contributed by atoms with Gasteiger partial charge in [0.25, 0.3) is 0 Å². The number of rotatable bonds is 2. The van der Waals surface area contributed by atoms with Crippen molar-refractivity contribution in [1.29, 1.82) is 0 Å². The largest absolute Gasteiger partial charge is 0.383 e. The molecule has 1 atom stereocenters. The second kappa shape index (κ2) is 4.65. The summed E-state index contributed by atoms with van der Waals surface area (Å²) in [5, 5.41) is 12.0. The van der Waals surface area contributed by atoms with Crippen molar-refractivity contribution in [2.45, 2.75) is 13.0 Å². The van der Waals surface area contributed by atoms with Gasteiger partial charge in [-0.25, -0.2) is 4.39 Å². The van der Waals surface area contributed by atoms with Crippen LogP contribution in [-0.2, 0) is 0 Å². The molecule has 0 bridgehead atoms. The molecule has 0 aliphatic heterocycles. The molecule has 1 nitrogen and oxygen atoms in total. The molecule has 0 saturated heterocycles. The van der Waals surface area contributed by atoms with Crippen LogP contribution in [0.25, 0.3) is 0 Å². The third-order valence-electron chi connectivity index (χ3n) is 2.41. The highest BCUT2D eigenvalue weighted by molar-refractivity contribution is 9.10. The first-order valence-corrected chi connectivity index (χ1v) is 6.44. The number of hydrogen-bond acceptors (Lipinski definition) is 2. The number of benzene rings is 1. The summed E-state index contributed by atoms with van der Waals surface area (Å²) in [6, 6.07) is 6.61. The topological polar surface area (TPSA) is 20.2 Å². The van der Waals surface area contributed by atoms with Crippen LogP contribution in [0.3, 0.4) is 0 Å². The fourth-order valence-corrected chi connectivity index (χ4v) is 2.79. The first-order valence-electron chi connectivity index (χ1n) is 4.76. The summed E-state index contributed by atoms with van der Waals surface area (Å²) in [6.07, 6.45) is -0.881. The van der Waals surface area contributed by atoms with Gasteiger partial charge in [-0.2, -0.15) is 0 Å². The summed E-state index contributed by atoms with van der Waals surface area (Å²) < 4.78 is 14.3. The molecule has 0 radical (unpaired) electrons. The van der Waals surface area contributed by atoms with E-state index in [1.54, 1.807) is 12.1 Å². The molecule has 4 heteroatoms. The predicted octanol–water partition coefficient (Wildman–Crippen LogP) is 4.04. The smallest absolute Gasteiger partial charge is 0.130 e. The summed E-state index contributed by atoms with van der Waals surface area (Å²) >= 11 is 4.63. The van der Waals surface area contributed by atoms with E-state index in [1.807, 2.05) is 18.4 Å². The summed E-state index contributed by atoms with van der Waals surface area (Å²) in [7, 11) is 0. The Morgan fingerprint density at radius 3 is 2.69 bits per heavy atom. The lowest BCUT2D eigenvalue weighted by molar-refractivity contribution is 0.218. The zero-order valence-electron chi connectivity index (χ0n) is 8.58. The first kappa shape index (κ1) is 11.8. The second-order valence-electron chi connectivity index (χ2n) is 3.54. The van der Waals surface area contributed by atoms with Crippen molar-refractivity contribution >= 4 is 27.3 Å². The van der Waals surface area contributed by atoms with Crippen molar-refractivity contribution in [2.24, 2.45) is 0 Å². The van der Waals surface area contributed by atoms with Gasteiger partial charge >= 0.3 is 0 Å². The first-order chi connectivity index (χ1) is 7.59. The van der Waals surface area contributed by atoms with Crippen molar-refractivity contribution in [3.05, 3.63) is 55.9 Å². The van der Waals surface area contributed by atoms with Gasteiger partial charge < -0.3 is 5.11 Å². The third kappa shape index (κ3) is 2.19. The van der Waals surface area contributed by atoms with Crippen LogP contribution in [0.2, 0.25) is 0 Å². The average molecular weight is 301 g/mol. The van der Waals surface area contributed by atoms with E-state index in [-0.39, 0.29) is 0 Å². The Balaban J connectivity index is 2.41. The number of aliphatic hydroxyl groups is 1. The minimum atomic E-state index is -0.881. The van der Waals surface area contributed by atoms with Crippen LogP contribution in [0.15, 0.2) is 34.1 Å². The summed E-state index contributed by atoms with van der Waals surface area (Å²) in [5.74, 6) is -0.394. The number of hydrogen-bond donors (Lipinski definition) is 1. The Hall–Kier alpha value is -0.710. The Labute approximate surface area is 106 Å². The fraction of sp³-hybridized carbons (Fsp3) is 0.167. The number of aryl methyl sites for hydroxylation is 1. The molecule has 0 aliphatic rings. The molecule has 0 spiro atoms. The molecule has 0 saturated carbocycles. The second-order valence-corrected chi connectivity index (χ2v) is 5.40. The lowest BCUT2D eigenvalue weighted by atomic mass is 10.1. The van der Waals surface area contributed by atoms with Crippen molar-refractivity contribution in [3.63, 3.8) is 0 Å². The quantitative estimate of drug-likeness (QED) is 0.887. The van der Waals surface area contributed by atoms with E-state index in [2.05, 4.69) is 15.9 Å². The van der Waals surface area contributed by atoms with Crippen molar-refractivity contribution in [2.75, 3.05) is 0 Å². The highest BCUT2D eigenvalue weighted by Crippen LogP contribution is 2.31. The molecular formula is C12H10BrFOS. The van der Waals surface area contributed by atoms with E-state index in [1.165, 1.54) is 17.4 Å². The van der Waals surface area contributed by atoms with Gasteiger partial charge in [0.1, 0.15) is 11.9 Å². The average Bonchev–Trinajstić information content (AvgIpc) is 2.63. The van der Waals surface area contributed by atoms with Gasteiger partial charge in [0.05, 0.1) is 0 Å². The number of thiophene rings is 1. The van der Waals surface area contributed by atoms with Gasteiger partial charge in [0.15, 0.2) is 0 Å². The zero-order valence-corrected chi connectivity index (χ0v) is 11.0. The van der Waals surface area contributed by atoms with Gasteiger partial charge in [0.2, 0.25) is 0 Å². The summed E-state index contributed by atoms with van der Waals surface area (Å²) in [5.41, 5.74) is 1.30. The molecule has 1 aromatic heterocycles. The van der Waals surface area contributed by atoms with E-state index in [9.17, 15) is 9.50 Å². The van der Waals surface area contributed by atoms with Gasteiger partial charge in [-0.3, -0.25) is 0 Å². The minimum absolute atomic E-state index is 0.314. The monoisotopic (exact) mass is 300 g/mol. The fourth-order valence-electron chi connectivity index (χ4n) is 1.53. The molecule has 1 unspecified atom stereocenters. The van der Waals surface area contributed by atoms with E-state index >= 15 is 0 Å².